The van der Waals surface area contributed by atoms with Gasteiger partial charge in [0.1, 0.15) is 5.75 Å². The first-order valence-electron chi connectivity index (χ1n) is 3.10. The summed E-state index contributed by atoms with van der Waals surface area (Å²) in [4.78, 5) is 0. The molecular weight excluding hydrogens is 140 g/mol. The first-order valence-corrected chi connectivity index (χ1v) is 3.10. The van der Waals surface area contributed by atoms with Crippen LogP contribution in [0, 0.1) is 0 Å². The molecule has 0 aliphatic carbocycles. The summed E-state index contributed by atoms with van der Waals surface area (Å²) in [5.41, 5.74) is 0.988. The van der Waals surface area contributed by atoms with Crippen molar-refractivity contribution in [2.75, 3.05) is 7.11 Å². The van der Waals surface area contributed by atoms with Crippen molar-refractivity contribution in [1.29, 1.82) is 0 Å². The Kier molecular flexibility index (Phi) is 4.30. The van der Waals surface area contributed by atoms with Gasteiger partial charge in [0.15, 0.2) is 0 Å². The molecule has 0 spiro atoms. The third kappa shape index (κ3) is 3.05. The zero-order valence-corrected chi connectivity index (χ0v) is 5.87. The number of benzene rings is 1. The van der Waals surface area contributed by atoms with Gasteiger partial charge in [0.25, 0.3) is 0 Å². The molecule has 1 aromatic rings. The molecule has 0 aromatic heterocycles. The van der Waals surface area contributed by atoms with Crippen molar-refractivity contribution in [3.05, 3.63) is 29.8 Å². The van der Waals surface area contributed by atoms with E-state index in [9.17, 15) is 0 Å². The van der Waals surface area contributed by atoms with Crippen LogP contribution in [0.4, 0.5) is 0 Å². The molecule has 0 saturated carbocycles. The van der Waals surface area contributed by atoms with E-state index in [2.05, 4.69) is 0 Å². The maximum atomic E-state index is 8.98. The molecule has 0 aliphatic rings. The van der Waals surface area contributed by atoms with Gasteiger partial charge in [0, 0.05) is 7.11 Å². The molecule has 2 heteroatoms. The fourth-order valence-corrected chi connectivity index (χ4v) is 0.813. The van der Waals surface area contributed by atoms with Crippen LogP contribution >= 0.6 is 0 Å². The van der Waals surface area contributed by atoms with Crippen molar-refractivity contribution in [1.82, 2.24) is 0 Å². The lowest BCUT2D eigenvalue weighted by molar-refractivity contribution is 0.184. The fraction of sp³-hybridized carbons (Fsp3) is 0.333. The summed E-state index contributed by atoms with van der Waals surface area (Å²) in [6.45, 7) is 0.550. The third-order valence-electron chi connectivity index (χ3n) is 1.22. The Labute approximate surface area is 67.4 Å². The molecule has 62 valence electrons. The average molecular weight is 154 g/mol. The Morgan fingerprint density at radius 3 is 2.73 bits per heavy atom. The Balaban J connectivity index is 0.000001000. The molecule has 0 bridgehead atoms. The second-order valence-electron chi connectivity index (χ2n) is 2.10. The Morgan fingerprint density at radius 2 is 2.18 bits per heavy atom. The van der Waals surface area contributed by atoms with E-state index >= 15 is 0 Å². The van der Waals surface area contributed by atoms with Crippen LogP contribution in [0.15, 0.2) is 24.3 Å². The number of phenolic OH excluding ortho intramolecular Hbond substituents is 1. The molecule has 2 nitrogen and oxygen atoms in total. The second-order valence-corrected chi connectivity index (χ2v) is 2.10. The maximum Gasteiger partial charge on any atom is 0.115 e. The lowest BCUT2D eigenvalue weighted by Gasteiger charge is -1.98. The first kappa shape index (κ1) is 9.98. The summed E-state index contributed by atoms with van der Waals surface area (Å²) in [7, 11) is 1.63. The van der Waals surface area contributed by atoms with E-state index in [1.165, 1.54) is 0 Å². The summed E-state index contributed by atoms with van der Waals surface area (Å²) < 4.78 is 4.87. The summed E-state index contributed by atoms with van der Waals surface area (Å²) in [6, 6.07) is 7.02. The largest absolute Gasteiger partial charge is 0.508 e. The highest BCUT2D eigenvalue weighted by atomic mass is 16.5. The number of methoxy groups -OCH3 is 1. The summed E-state index contributed by atoms with van der Waals surface area (Å²) in [5, 5.41) is 8.98. The highest BCUT2D eigenvalue weighted by Crippen LogP contribution is 2.10. The van der Waals surface area contributed by atoms with Gasteiger partial charge in [-0.3, -0.25) is 0 Å². The van der Waals surface area contributed by atoms with Gasteiger partial charge in [-0.15, -0.1) is 0 Å². The summed E-state index contributed by atoms with van der Waals surface area (Å²) >= 11 is 0. The molecule has 11 heavy (non-hydrogen) atoms. The van der Waals surface area contributed by atoms with Gasteiger partial charge in [-0.05, 0) is 17.7 Å². The Hall–Kier alpha value is -1.02. The smallest absolute Gasteiger partial charge is 0.115 e. The minimum absolute atomic E-state index is 0. The fourth-order valence-electron chi connectivity index (χ4n) is 0.813. The molecule has 0 aliphatic heterocycles. The van der Waals surface area contributed by atoms with Gasteiger partial charge < -0.3 is 9.84 Å². The summed E-state index contributed by atoms with van der Waals surface area (Å²) in [6.07, 6.45) is 0. The molecule has 0 unspecified atom stereocenters. The lowest BCUT2D eigenvalue weighted by Crippen LogP contribution is -1.85. The van der Waals surface area contributed by atoms with Gasteiger partial charge >= 0.3 is 0 Å². The number of aromatic hydroxyl groups is 1. The minimum Gasteiger partial charge on any atom is -0.508 e. The van der Waals surface area contributed by atoms with Gasteiger partial charge in [-0.2, -0.15) is 0 Å². The lowest BCUT2D eigenvalue weighted by atomic mass is 10.2. The molecule has 0 atom stereocenters. The van der Waals surface area contributed by atoms with Crippen LogP contribution in [0.3, 0.4) is 0 Å². The van der Waals surface area contributed by atoms with Crippen molar-refractivity contribution < 1.29 is 9.84 Å². The van der Waals surface area contributed by atoms with Gasteiger partial charge in [-0.25, -0.2) is 0 Å². The molecule has 0 saturated heterocycles. The van der Waals surface area contributed by atoms with Crippen molar-refractivity contribution in [3.63, 3.8) is 0 Å². The molecule has 1 N–H and O–H groups in total. The topological polar surface area (TPSA) is 29.5 Å². The molecular formula is C9H14O2. The quantitative estimate of drug-likeness (QED) is 0.707. The molecule has 1 rings (SSSR count). The Bertz CT molecular complexity index is 208. The van der Waals surface area contributed by atoms with Crippen LogP contribution in [0.2, 0.25) is 0 Å². The zero-order chi connectivity index (χ0) is 7.40. The van der Waals surface area contributed by atoms with Crippen molar-refractivity contribution in [2.45, 2.75) is 14.0 Å². The van der Waals surface area contributed by atoms with E-state index < -0.39 is 0 Å². The highest BCUT2D eigenvalue weighted by Gasteiger charge is 1.90. The predicted octanol–water partition coefficient (Wildman–Crippen LogP) is 2.17. The van der Waals surface area contributed by atoms with Crippen molar-refractivity contribution >= 4 is 0 Å². The van der Waals surface area contributed by atoms with Crippen LogP contribution in [0.25, 0.3) is 0 Å². The van der Waals surface area contributed by atoms with Crippen LogP contribution in [-0.4, -0.2) is 12.2 Å². The van der Waals surface area contributed by atoms with Gasteiger partial charge in [0.2, 0.25) is 0 Å². The van der Waals surface area contributed by atoms with E-state index in [0.29, 0.717) is 6.61 Å². The molecule has 0 radical (unpaired) electrons. The minimum atomic E-state index is 0. The average Bonchev–Trinajstić information content (AvgIpc) is 1.88. The third-order valence-corrected chi connectivity index (χ3v) is 1.22. The number of phenols is 1. The summed E-state index contributed by atoms with van der Waals surface area (Å²) in [5.74, 6) is 0.287. The van der Waals surface area contributed by atoms with Gasteiger partial charge in [0.05, 0.1) is 6.61 Å². The van der Waals surface area contributed by atoms with E-state index in [1.54, 1.807) is 25.3 Å². The molecule has 0 heterocycles. The van der Waals surface area contributed by atoms with Crippen LogP contribution < -0.4 is 0 Å². The number of ether oxygens (including phenoxy) is 1. The van der Waals surface area contributed by atoms with E-state index in [1.807, 2.05) is 6.07 Å². The van der Waals surface area contributed by atoms with E-state index in [-0.39, 0.29) is 13.2 Å². The Morgan fingerprint density at radius 1 is 1.45 bits per heavy atom. The maximum absolute atomic E-state index is 8.98. The first-order chi connectivity index (χ1) is 4.83. The molecule has 0 amide bonds. The number of hydrogen-bond donors (Lipinski definition) is 1. The number of hydrogen-bond acceptors (Lipinski definition) is 2. The predicted molar refractivity (Wildman–Crippen MR) is 45.6 cm³/mol. The number of rotatable bonds is 2. The molecule has 0 fully saturated rings. The van der Waals surface area contributed by atoms with E-state index in [0.717, 1.165) is 5.56 Å². The normalized spacial score (nSPS) is 8.82. The van der Waals surface area contributed by atoms with Crippen LogP contribution in [-0.2, 0) is 11.3 Å². The molecule has 1 aromatic carbocycles. The van der Waals surface area contributed by atoms with Crippen molar-refractivity contribution in [2.24, 2.45) is 0 Å². The monoisotopic (exact) mass is 154 g/mol. The standard InChI is InChI=1S/C8H10O2.CH4/c1-10-6-7-3-2-4-8(9)5-7;/h2-5,9H,6H2,1H3;1H4. The highest BCUT2D eigenvalue weighted by molar-refractivity contribution is 5.26. The van der Waals surface area contributed by atoms with Crippen LogP contribution in [0.1, 0.15) is 13.0 Å². The van der Waals surface area contributed by atoms with Crippen molar-refractivity contribution in [3.8, 4) is 5.75 Å². The van der Waals surface area contributed by atoms with Gasteiger partial charge in [-0.1, -0.05) is 19.6 Å². The van der Waals surface area contributed by atoms with E-state index in [4.69, 9.17) is 9.84 Å². The van der Waals surface area contributed by atoms with Crippen LogP contribution in [0.5, 0.6) is 5.75 Å². The SMILES string of the molecule is C.COCc1cccc(O)c1. The second kappa shape index (κ2) is 4.74. The zero-order valence-electron chi connectivity index (χ0n) is 5.87.